The number of hydrogen-bond donors (Lipinski definition) is 1. The first-order valence-electron chi connectivity index (χ1n) is 14.2. The normalized spacial score (nSPS) is 29.3. The van der Waals surface area contributed by atoms with E-state index in [9.17, 15) is 19.5 Å². The molecule has 10 heteroatoms. The summed E-state index contributed by atoms with van der Waals surface area (Å²) < 4.78 is 4.77. The van der Waals surface area contributed by atoms with Crippen molar-refractivity contribution in [2.45, 2.75) is 28.9 Å². The van der Waals surface area contributed by atoms with Crippen LogP contribution >= 0.6 is 11.8 Å². The molecule has 1 aromatic rings. The van der Waals surface area contributed by atoms with Crippen molar-refractivity contribution in [2.75, 3.05) is 70.5 Å². The second-order valence-electron chi connectivity index (χ2n) is 10.9. The van der Waals surface area contributed by atoms with Crippen LogP contribution in [0.1, 0.15) is 12.8 Å². The van der Waals surface area contributed by atoms with Crippen molar-refractivity contribution in [3.8, 4) is 0 Å². The fourth-order valence-electron chi connectivity index (χ4n) is 7.01. The average molecular weight is 569 g/mol. The molecule has 1 spiro atoms. The second kappa shape index (κ2) is 12.5. The van der Waals surface area contributed by atoms with Crippen LogP contribution in [-0.2, 0) is 19.1 Å². The number of hydrogen-bond acceptors (Lipinski definition) is 7. The zero-order valence-electron chi connectivity index (χ0n) is 23.0. The molecule has 3 amide bonds. The molecule has 4 saturated heterocycles. The Morgan fingerprint density at radius 3 is 2.50 bits per heavy atom. The minimum Gasteiger partial charge on any atom is -0.395 e. The largest absolute Gasteiger partial charge is 0.395 e. The van der Waals surface area contributed by atoms with E-state index in [1.807, 2.05) is 30.3 Å². The first kappa shape index (κ1) is 28.9. The summed E-state index contributed by atoms with van der Waals surface area (Å²) in [6.45, 7) is 12.5. The number of likely N-dealkylation sites (tertiary alicyclic amines) is 1. The molecule has 0 aromatic heterocycles. The number of morpholine rings is 1. The number of anilines is 1. The third kappa shape index (κ3) is 5.11. The molecule has 5 rings (SSSR count). The van der Waals surface area contributed by atoms with Crippen molar-refractivity contribution in [1.29, 1.82) is 0 Å². The highest BCUT2D eigenvalue weighted by atomic mass is 32.2. The number of β-amino-alcohol motifs (C(OH)–C–C–N with tert-alkyl or cyclic N) is 1. The standard InChI is InChI=1S/C30H40N4O5S/c1-3-12-32(15-14-31-17-20-39-21-18-31)29(38)26-30-11-10-23(40-30)24(25(30)28(37)34(26)16-19-35)27(36)33(13-4-2)22-8-6-5-7-9-22/h3-9,23-26,35H,1-2,10-21H2/t23-,24+,25-,26?,30?/m0/s1. The number of rotatable bonds is 12. The fraction of sp³-hybridized carbons (Fsp3) is 0.567. The van der Waals surface area contributed by atoms with Crippen LogP contribution in [0.5, 0.6) is 0 Å². The monoisotopic (exact) mass is 568 g/mol. The highest BCUT2D eigenvalue weighted by Crippen LogP contribution is 2.66. The lowest BCUT2D eigenvalue weighted by molar-refractivity contribution is -0.143. The molecule has 4 aliphatic heterocycles. The van der Waals surface area contributed by atoms with Crippen LogP contribution in [0.15, 0.2) is 55.6 Å². The maximum absolute atomic E-state index is 14.3. The zero-order chi connectivity index (χ0) is 28.3. The van der Waals surface area contributed by atoms with E-state index in [2.05, 4.69) is 18.1 Å². The molecular weight excluding hydrogens is 528 g/mol. The van der Waals surface area contributed by atoms with Gasteiger partial charge in [0.1, 0.15) is 6.04 Å². The van der Waals surface area contributed by atoms with E-state index in [0.29, 0.717) is 45.8 Å². The van der Waals surface area contributed by atoms with E-state index >= 15 is 0 Å². The van der Waals surface area contributed by atoms with Gasteiger partial charge in [0.15, 0.2) is 0 Å². The molecule has 40 heavy (non-hydrogen) atoms. The van der Waals surface area contributed by atoms with E-state index in [1.54, 1.807) is 38.6 Å². The van der Waals surface area contributed by atoms with Crippen LogP contribution in [0.2, 0.25) is 0 Å². The van der Waals surface area contributed by atoms with Gasteiger partial charge in [-0.15, -0.1) is 24.9 Å². The molecule has 0 saturated carbocycles. The van der Waals surface area contributed by atoms with Crippen LogP contribution < -0.4 is 4.90 Å². The molecule has 0 aliphatic carbocycles. The van der Waals surface area contributed by atoms with Crippen molar-refractivity contribution in [3.05, 3.63) is 55.6 Å². The average Bonchev–Trinajstić information content (AvgIpc) is 3.62. The van der Waals surface area contributed by atoms with Gasteiger partial charge in [-0.1, -0.05) is 30.4 Å². The molecule has 5 atom stereocenters. The van der Waals surface area contributed by atoms with Gasteiger partial charge in [0.25, 0.3) is 0 Å². The molecule has 1 N–H and O–H groups in total. The summed E-state index contributed by atoms with van der Waals surface area (Å²) in [7, 11) is 0. The molecule has 0 radical (unpaired) electrons. The number of para-hydroxylation sites is 1. The van der Waals surface area contributed by atoms with Gasteiger partial charge in [-0.2, -0.15) is 0 Å². The lowest BCUT2D eigenvalue weighted by atomic mass is 9.70. The fourth-order valence-corrected chi connectivity index (χ4v) is 9.22. The number of carbonyl (C=O) groups excluding carboxylic acids is 3. The Labute approximate surface area is 240 Å². The minimum absolute atomic E-state index is 0.0368. The predicted molar refractivity (Wildman–Crippen MR) is 156 cm³/mol. The molecule has 216 valence electrons. The minimum atomic E-state index is -0.723. The quantitative estimate of drug-likeness (QED) is 0.383. The van der Waals surface area contributed by atoms with Gasteiger partial charge >= 0.3 is 0 Å². The molecule has 4 heterocycles. The van der Waals surface area contributed by atoms with Crippen LogP contribution in [0, 0.1) is 11.8 Å². The Bertz CT molecular complexity index is 1110. The third-order valence-electron chi connectivity index (χ3n) is 8.76. The van der Waals surface area contributed by atoms with Gasteiger partial charge in [-0.05, 0) is 25.0 Å². The number of amides is 3. The molecule has 4 aliphatic rings. The van der Waals surface area contributed by atoms with E-state index in [0.717, 1.165) is 25.2 Å². The summed E-state index contributed by atoms with van der Waals surface area (Å²) in [4.78, 5) is 50.0. The van der Waals surface area contributed by atoms with Gasteiger partial charge in [0.2, 0.25) is 17.7 Å². The highest BCUT2D eigenvalue weighted by Gasteiger charge is 2.74. The Kier molecular flexibility index (Phi) is 8.99. The second-order valence-corrected chi connectivity index (χ2v) is 12.5. The summed E-state index contributed by atoms with van der Waals surface area (Å²) in [5, 5.41) is 9.89. The van der Waals surface area contributed by atoms with E-state index in [-0.39, 0.29) is 36.1 Å². The zero-order valence-corrected chi connectivity index (χ0v) is 23.8. The SMILES string of the molecule is C=CCN(CCN1CCOCC1)C(=O)C1N(CCO)C(=O)[C@@H]2[C@H](C(=O)N(CC=C)c3ccccc3)[C@@H]3CCC12S3. The number of aliphatic hydroxyl groups is 1. The van der Waals surface area contributed by atoms with Crippen molar-refractivity contribution in [2.24, 2.45) is 11.8 Å². The summed E-state index contributed by atoms with van der Waals surface area (Å²) in [5.74, 6) is -1.56. The summed E-state index contributed by atoms with van der Waals surface area (Å²) >= 11 is 1.65. The van der Waals surface area contributed by atoms with Gasteiger partial charge in [0, 0.05) is 56.8 Å². The summed E-state index contributed by atoms with van der Waals surface area (Å²) in [6, 6.07) is 8.73. The molecule has 1 aromatic carbocycles. The van der Waals surface area contributed by atoms with E-state index in [1.165, 1.54) is 0 Å². The topological polar surface area (TPSA) is 93.6 Å². The lowest BCUT2D eigenvalue weighted by Crippen LogP contribution is -2.56. The first-order valence-corrected chi connectivity index (χ1v) is 15.1. The lowest BCUT2D eigenvalue weighted by Gasteiger charge is -2.38. The number of ether oxygens (including phenoxy) is 1. The maximum Gasteiger partial charge on any atom is 0.247 e. The van der Waals surface area contributed by atoms with E-state index in [4.69, 9.17) is 4.74 Å². The molecule has 2 unspecified atom stereocenters. The summed E-state index contributed by atoms with van der Waals surface area (Å²) in [6.07, 6.45) is 4.88. The number of thioether (sulfide) groups is 1. The molecule has 2 bridgehead atoms. The van der Waals surface area contributed by atoms with Gasteiger partial charge in [0.05, 0.1) is 36.4 Å². The molecule has 4 fully saturated rings. The van der Waals surface area contributed by atoms with Gasteiger partial charge < -0.3 is 24.5 Å². The van der Waals surface area contributed by atoms with Crippen LogP contribution in [0.25, 0.3) is 0 Å². The third-order valence-corrected chi connectivity index (χ3v) is 10.7. The Morgan fingerprint density at radius 2 is 1.82 bits per heavy atom. The summed E-state index contributed by atoms with van der Waals surface area (Å²) in [5.41, 5.74) is 0.764. The highest BCUT2D eigenvalue weighted by molar-refractivity contribution is 8.02. The van der Waals surface area contributed by atoms with E-state index < -0.39 is 22.6 Å². The van der Waals surface area contributed by atoms with Crippen molar-refractivity contribution >= 4 is 35.2 Å². The molecule has 9 nitrogen and oxygen atoms in total. The smallest absolute Gasteiger partial charge is 0.247 e. The number of aliphatic hydroxyl groups excluding tert-OH is 1. The van der Waals surface area contributed by atoms with Crippen molar-refractivity contribution in [3.63, 3.8) is 0 Å². The molecular formula is C30H40N4O5S. The van der Waals surface area contributed by atoms with Crippen molar-refractivity contribution < 1.29 is 24.2 Å². The predicted octanol–water partition coefficient (Wildman–Crippen LogP) is 1.64. The van der Waals surface area contributed by atoms with Crippen LogP contribution in [0.4, 0.5) is 5.69 Å². The van der Waals surface area contributed by atoms with Gasteiger partial charge in [-0.3, -0.25) is 19.3 Å². The number of carbonyl (C=O) groups is 3. The maximum atomic E-state index is 14.3. The van der Waals surface area contributed by atoms with Gasteiger partial charge in [-0.25, -0.2) is 0 Å². The number of fused-ring (bicyclic) bond motifs is 1. The van der Waals surface area contributed by atoms with Crippen molar-refractivity contribution in [1.82, 2.24) is 14.7 Å². The number of benzene rings is 1. The number of nitrogens with zero attached hydrogens (tertiary/aromatic N) is 4. The Morgan fingerprint density at radius 1 is 1.10 bits per heavy atom. The van der Waals surface area contributed by atoms with Crippen LogP contribution in [0.3, 0.4) is 0 Å². The Hall–Kier alpha value is -2.66. The first-order chi connectivity index (χ1) is 19.5. The van der Waals surface area contributed by atoms with Crippen LogP contribution in [-0.4, -0.2) is 119 Å². The Balaban J connectivity index is 1.44.